The van der Waals surface area contributed by atoms with Crippen molar-refractivity contribution in [3.63, 3.8) is 0 Å². The molecule has 2 aromatic heterocycles. The van der Waals surface area contributed by atoms with E-state index in [9.17, 15) is 9.59 Å². The molecule has 1 atom stereocenters. The highest BCUT2D eigenvalue weighted by atomic mass is 32.1. The molecular weight excluding hydrogens is 348 g/mol. The first-order valence-corrected chi connectivity index (χ1v) is 9.02. The first kappa shape index (κ1) is 17.8. The van der Waals surface area contributed by atoms with Gasteiger partial charge in [-0.1, -0.05) is 24.3 Å². The number of rotatable bonds is 6. The fourth-order valence-corrected chi connectivity index (χ4v) is 3.08. The Labute approximate surface area is 155 Å². The fraction of sp³-hybridized carbons (Fsp3) is 0.158. The summed E-state index contributed by atoms with van der Waals surface area (Å²) in [5.41, 5.74) is 2.05. The summed E-state index contributed by atoms with van der Waals surface area (Å²) in [6, 6.07) is 14.2. The van der Waals surface area contributed by atoms with Crippen molar-refractivity contribution < 1.29 is 9.59 Å². The molecule has 26 heavy (non-hydrogen) atoms. The van der Waals surface area contributed by atoms with Gasteiger partial charge in [-0.3, -0.25) is 14.6 Å². The molecule has 0 bridgehead atoms. The molecule has 0 radical (unpaired) electrons. The summed E-state index contributed by atoms with van der Waals surface area (Å²) in [5, 5.41) is 7.94. The molecular formula is C19H18N4O2S. The van der Waals surface area contributed by atoms with Gasteiger partial charge in [-0.25, -0.2) is 4.98 Å². The maximum atomic E-state index is 12.2. The highest BCUT2D eigenvalue weighted by Gasteiger charge is 2.14. The summed E-state index contributed by atoms with van der Waals surface area (Å²) in [6.45, 7) is 1.79. The van der Waals surface area contributed by atoms with E-state index in [0.29, 0.717) is 10.7 Å². The van der Waals surface area contributed by atoms with Crippen molar-refractivity contribution >= 4 is 28.3 Å². The number of benzene rings is 1. The van der Waals surface area contributed by atoms with Crippen LogP contribution in [0.5, 0.6) is 0 Å². The van der Waals surface area contributed by atoms with Gasteiger partial charge in [-0.15, -0.1) is 11.3 Å². The van der Waals surface area contributed by atoms with E-state index in [2.05, 4.69) is 20.6 Å². The van der Waals surface area contributed by atoms with Gasteiger partial charge in [0, 0.05) is 29.6 Å². The maximum Gasteiger partial charge on any atom is 0.251 e. The molecule has 1 aromatic carbocycles. The molecule has 6 nitrogen and oxygen atoms in total. The molecule has 1 unspecified atom stereocenters. The number of anilines is 1. The van der Waals surface area contributed by atoms with Crippen LogP contribution in [0.2, 0.25) is 0 Å². The van der Waals surface area contributed by atoms with Gasteiger partial charge in [0.15, 0.2) is 5.13 Å². The van der Waals surface area contributed by atoms with Crippen molar-refractivity contribution in [2.24, 2.45) is 0 Å². The minimum absolute atomic E-state index is 0.164. The van der Waals surface area contributed by atoms with Crippen LogP contribution in [0.1, 0.15) is 23.7 Å². The van der Waals surface area contributed by atoms with Crippen LogP contribution >= 0.6 is 11.3 Å². The molecule has 0 saturated heterocycles. The molecule has 3 rings (SSSR count). The zero-order valence-electron chi connectivity index (χ0n) is 14.2. The Kier molecular flexibility index (Phi) is 5.70. The van der Waals surface area contributed by atoms with Crippen LogP contribution in [0.4, 0.5) is 5.13 Å². The Morgan fingerprint density at radius 3 is 2.58 bits per heavy atom. The lowest BCUT2D eigenvalue weighted by atomic mass is 10.1. The molecule has 3 aromatic rings. The third kappa shape index (κ3) is 4.73. The third-order valence-electron chi connectivity index (χ3n) is 3.58. The first-order chi connectivity index (χ1) is 12.6. The van der Waals surface area contributed by atoms with Crippen LogP contribution in [0.25, 0.3) is 11.4 Å². The van der Waals surface area contributed by atoms with Crippen molar-refractivity contribution in [1.29, 1.82) is 0 Å². The van der Waals surface area contributed by atoms with Crippen LogP contribution in [-0.4, -0.2) is 27.8 Å². The number of pyridine rings is 1. The van der Waals surface area contributed by atoms with Gasteiger partial charge >= 0.3 is 0 Å². The number of nitrogens with one attached hydrogen (secondary N) is 2. The van der Waals surface area contributed by atoms with Crippen molar-refractivity contribution in [1.82, 2.24) is 15.3 Å². The number of nitrogens with zero attached hydrogens (tertiary/aromatic N) is 2. The Hall–Kier alpha value is -3.06. The van der Waals surface area contributed by atoms with Gasteiger partial charge in [0.1, 0.15) is 5.69 Å². The molecule has 0 aliphatic heterocycles. The predicted octanol–water partition coefficient (Wildman–Crippen LogP) is 3.35. The molecule has 0 aliphatic carbocycles. The third-order valence-corrected chi connectivity index (χ3v) is 4.34. The highest BCUT2D eigenvalue weighted by molar-refractivity contribution is 7.14. The molecule has 2 amide bonds. The lowest BCUT2D eigenvalue weighted by molar-refractivity contribution is -0.116. The normalized spacial score (nSPS) is 11.6. The van der Waals surface area contributed by atoms with Crippen LogP contribution in [0.3, 0.4) is 0 Å². The lowest BCUT2D eigenvalue weighted by Crippen LogP contribution is -2.35. The number of carbonyl (C=O) groups is 2. The van der Waals surface area contributed by atoms with Gasteiger partial charge in [-0.05, 0) is 31.2 Å². The molecule has 2 heterocycles. The van der Waals surface area contributed by atoms with Crippen LogP contribution in [0.15, 0.2) is 60.1 Å². The van der Waals surface area contributed by atoms with E-state index in [1.807, 2.05) is 29.6 Å². The second-order valence-electron chi connectivity index (χ2n) is 5.75. The second-order valence-corrected chi connectivity index (χ2v) is 6.60. The van der Waals surface area contributed by atoms with Crippen LogP contribution in [0, 0.1) is 0 Å². The Morgan fingerprint density at radius 2 is 1.85 bits per heavy atom. The average Bonchev–Trinajstić information content (AvgIpc) is 3.11. The Morgan fingerprint density at radius 1 is 1.08 bits per heavy atom. The van der Waals surface area contributed by atoms with Gasteiger partial charge in [0.2, 0.25) is 5.91 Å². The van der Waals surface area contributed by atoms with Crippen molar-refractivity contribution in [3.05, 3.63) is 65.7 Å². The average molecular weight is 366 g/mol. The van der Waals surface area contributed by atoms with E-state index in [-0.39, 0.29) is 24.3 Å². The SMILES string of the molecule is CC(CC(=O)Nc1nc(-c2ccccn2)cs1)NC(=O)c1ccccc1. The summed E-state index contributed by atoms with van der Waals surface area (Å²) < 4.78 is 0. The summed E-state index contributed by atoms with van der Waals surface area (Å²) in [7, 11) is 0. The Balaban J connectivity index is 1.52. The monoisotopic (exact) mass is 366 g/mol. The van der Waals surface area contributed by atoms with E-state index in [1.54, 1.807) is 37.4 Å². The number of amides is 2. The van der Waals surface area contributed by atoms with Gasteiger partial charge in [0.05, 0.1) is 5.69 Å². The quantitative estimate of drug-likeness (QED) is 0.701. The molecule has 0 fully saturated rings. The van der Waals surface area contributed by atoms with Gasteiger partial charge in [0.25, 0.3) is 5.91 Å². The van der Waals surface area contributed by atoms with E-state index in [1.165, 1.54) is 11.3 Å². The fourth-order valence-electron chi connectivity index (χ4n) is 2.36. The van der Waals surface area contributed by atoms with Crippen LogP contribution < -0.4 is 10.6 Å². The van der Waals surface area contributed by atoms with Gasteiger partial charge in [-0.2, -0.15) is 0 Å². The minimum Gasteiger partial charge on any atom is -0.349 e. The van der Waals surface area contributed by atoms with Gasteiger partial charge < -0.3 is 10.6 Å². The molecule has 0 saturated carbocycles. The standard InChI is InChI=1S/C19H18N4O2S/c1-13(21-18(25)14-7-3-2-4-8-14)11-17(24)23-19-22-16(12-26-19)15-9-5-6-10-20-15/h2-10,12-13H,11H2,1H3,(H,21,25)(H,22,23,24). The number of hydrogen-bond acceptors (Lipinski definition) is 5. The number of carbonyl (C=O) groups excluding carboxylic acids is 2. The summed E-state index contributed by atoms with van der Waals surface area (Å²) in [4.78, 5) is 32.9. The number of hydrogen-bond donors (Lipinski definition) is 2. The van der Waals surface area contributed by atoms with E-state index < -0.39 is 0 Å². The summed E-state index contributed by atoms with van der Waals surface area (Å²) in [5.74, 6) is -0.398. The molecule has 2 N–H and O–H groups in total. The topological polar surface area (TPSA) is 84.0 Å². The lowest BCUT2D eigenvalue weighted by Gasteiger charge is -2.13. The smallest absolute Gasteiger partial charge is 0.251 e. The van der Waals surface area contributed by atoms with Crippen LogP contribution in [-0.2, 0) is 4.79 Å². The van der Waals surface area contributed by atoms with E-state index >= 15 is 0 Å². The highest BCUT2D eigenvalue weighted by Crippen LogP contribution is 2.23. The minimum atomic E-state index is -0.294. The summed E-state index contributed by atoms with van der Waals surface area (Å²) >= 11 is 1.34. The molecule has 132 valence electrons. The molecule has 0 spiro atoms. The zero-order valence-corrected chi connectivity index (χ0v) is 15.0. The van der Waals surface area contributed by atoms with Crippen molar-refractivity contribution in [2.45, 2.75) is 19.4 Å². The predicted molar refractivity (Wildman–Crippen MR) is 102 cm³/mol. The van der Waals surface area contributed by atoms with E-state index in [4.69, 9.17) is 0 Å². The largest absolute Gasteiger partial charge is 0.349 e. The van der Waals surface area contributed by atoms with Crippen molar-refractivity contribution in [3.8, 4) is 11.4 Å². The Bertz CT molecular complexity index is 881. The zero-order chi connectivity index (χ0) is 18.4. The summed E-state index contributed by atoms with van der Waals surface area (Å²) in [6.07, 6.45) is 1.86. The number of aromatic nitrogens is 2. The second kappa shape index (κ2) is 8.35. The first-order valence-electron chi connectivity index (χ1n) is 8.14. The van der Waals surface area contributed by atoms with E-state index in [0.717, 1.165) is 11.4 Å². The molecule has 0 aliphatic rings. The number of thiazole rings is 1. The maximum absolute atomic E-state index is 12.2. The van der Waals surface area contributed by atoms with Crippen molar-refractivity contribution in [2.75, 3.05) is 5.32 Å². The molecule has 7 heteroatoms.